The zero-order valence-electron chi connectivity index (χ0n) is 11.7. The maximum absolute atomic E-state index is 11.6. The Kier molecular flexibility index (Phi) is 5.92. The topological polar surface area (TPSA) is 67.8 Å². The van der Waals surface area contributed by atoms with Gasteiger partial charge in [0.2, 0.25) is 0 Å². The summed E-state index contributed by atoms with van der Waals surface area (Å²) in [5.41, 5.74) is -1.62. The van der Waals surface area contributed by atoms with Gasteiger partial charge in [-0.3, -0.25) is 0 Å². The Balaban J connectivity index is 4.39. The predicted molar refractivity (Wildman–Crippen MR) is 65.9 cm³/mol. The van der Waals surface area contributed by atoms with E-state index >= 15 is 0 Å². The molecule has 0 saturated heterocycles. The van der Waals surface area contributed by atoms with Gasteiger partial charge in [0.1, 0.15) is 5.60 Å². The quantitative estimate of drug-likeness (QED) is 0.775. The lowest BCUT2D eigenvalue weighted by Crippen LogP contribution is -2.53. The number of rotatable bonds is 5. The molecule has 0 bridgehead atoms. The third-order valence-corrected chi connectivity index (χ3v) is 2.03. The van der Waals surface area contributed by atoms with Crippen LogP contribution < -0.4 is 5.32 Å². The van der Waals surface area contributed by atoms with Crippen LogP contribution in [0.3, 0.4) is 0 Å². The fourth-order valence-corrected chi connectivity index (χ4v) is 1.11. The molecule has 1 atom stereocenters. The monoisotopic (exact) mass is 247 g/mol. The first-order chi connectivity index (χ1) is 7.56. The highest BCUT2D eigenvalue weighted by atomic mass is 16.6. The van der Waals surface area contributed by atoms with E-state index in [0.29, 0.717) is 6.61 Å². The molecule has 2 N–H and O–H groups in total. The highest BCUT2D eigenvalue weighted by molar-refractivity contribution is 5.68. The number of aliphatic hydroxyl groups is 1. The van der Waals surface area contributed by atoms with Crippen molar-refractivity contribution in [3.8, 4) is 0 Å². The molecule has 1 unspecified atom stereocenters. The Morgan fingerprint density at radius 1 is 1.29 bits per heavy atom. The largest absolute Gasteiger partial charge is 0.444 e. The van der Waals surface area contributed by atoms with E-state index in [4.69, 9.17) is 9.47 Å². The van der Waals surface area contributed by atoms with Crippen LogP contribution in [0.4, 0.5) is 4.79 Å². The molecule has 0 aliphatic carbocycles. The van der Waals surface area contributed by atoms with Gasteiger partial charge < -0.3 is 19.9 Å². The van der Waals surface area contributed by atoms with Crippen LogP contribution in [0.1, 0.15) is 41.5 Å². The normalized spacial score (nSPS) is 14.3. The average molecular weight is 247 g/mol. The molecule has 0 aliphatic heterocycles. The minimum absolute atomic E-state index is 0.249. The molecule has 0 radical (unpaired) electrons. The highest BCUT2D eigenvalue weighted by Gasteiger charge is 2.30. The zero-order valence-corrected chi connectivity index (χ0v) is 11.7. The van der Waals surface area contributed by atoms with Crippen LogP contribution in [0, 0.1) is 0 Å². The Morgan fingerprint density at radius 3 is 2.18 bits per heavy atom. The van der Waals surface area contributed by atoms with Crippen molar-refractivity contribution in [1.29, 1.82) is 0 Å². The van der Waals surface area contributed by atoms with Crippen LogP contribution in [0.25, 0.3) is 0 Å². The van der Waals surface area contributed by atoms with Crippen LogP contribution in [-0.2, 0) is 9.47 Å². The first kappa shape index (κ1) is 16.2. The van der Waals surface area contributed by atoms with E-state index < -0.39 is 23.3 Å². The van der Waals surface area contributed by atoms with E-state index in [-0.39, 0.29) is 6.61 Å². The molecule has 17 heavy (non-hydrogen) atoms. The molecule has 0 fully saturated rings. The minimum atomic E-state index is -1.06. The van der Waals surface area contributed by atoms with Crippen molar-refractivity contribution in [1.82, 2.24) is 5.32 Å². The molecule has 0 aromatic carbocycles. The van der Waals surface area contributed by atoms with Crippen molar-refractivity contribution in [3.05, 3.63) is 0 Å². The molecule has 0 aromatic heterocycles. The van der Waals surface area contributed by atoms with Crippen molar-refractivity contribution >= 4 is 6.09 Å². The first-order valence-electron chi connectivity index (χ1n) is 5.86. The Hall–Kier alpha value is -0.810. The number of hydrogen-bond acceptors (Lipinski definition) is 4. The Morgan fingerprint density at radius 2 is 1.82 bits per heavy atom. The maximum Gasteiger partial charge on any atom is 0.408 e. The maximum atomic E-state index is 11.6. The van der Waals surface area contributed by atoms with Gasteiger partial charge in [0.25, 0.3) is 0 Å². The van der Waals surface area contributed by atoms with Crippen molar-refractivity contribution in [2.45, 2.75) is 58.8 Å². The van der Waals surface area contributed by atoms with Gasteiger partial charge in [-0.25, -0.2) is 4.79 Å². The standard InChI is InChI=1S/C12H25NO4/c1-7-16-8-9(12(5,6)15)13-10(14)17-11(2,3)4/h9,15H,7-8H2,1-6H3,(H,13,14). The summed E-state index contributed by atoms with van der Waals surface area (Å²) < 4.78 is 10.3. The van der Waals surface area contributed by atoms with Crippen LogP contribution >= 0.6 is 0 Å². The van der Waals surface area contributed by atoms with Gasteiger partial charge in [-0.1, -0.05) is 0 Å². The summed E-state index contributed by atoms with van der Waals surface area (Å²) >= 11 is 0. The molecule has 0 aliphatic rings. The summed E-state index contributed by atoms with van der Waals surface area (Å²) in [6, 6.07) is -0.503. The molecule has 0 heterocycles. The number of ether oxygens (including phenoxy) is 2. The smallest absolute Gasteiger partial charge is 0.408 e. The number of amides is 1. The summed E-state index contributed by atoms with van der Waals surface area (Å²) in [4.78, 5) is 11.6. The summed E-state index contributed by atoms with van der Waals surface area (Å²) in [5, 5.41) is 12.5. The van der Waals surface area contributed by atoms with Gasteiger partial charge in [-0.05, 0) is 41.5 Å². The Labute approximate surface area is 103 Å². The molecule has 1 amide bonds. The fraction of sp³-hybridized carbons (Fsp3) is 0.917. The molecule has 0 saturated carbocycles. The van der Waals surface area contributed by atoms with Crippen molar-refractivity contribution < 1.29 is 19.4 Å². The van der Waals surface area contributed by atoms with Gasteiger partial charge in [-0.15, -0.1) is 0 Å². The van der Waals surface area contributed by atoms with Crippen molar-refractivity contribution in [2.75, 3.05) is 13.2 Å². The van der Waals surface area contributed by atoms with E-state index in [1.807, 2.05) is 6.92 Å². The van der Waals surface area contributed by atoms with Crippen molar-refractivity contribution in [3.63, 3.8) is 0 Å². The molecule has 0 aromatic rings. The van der Waals surface area contributed by atoms with Gasteiger partial charge in [-0.2, -0.15) is 0 Å². The SMILES string of the molecule is CCOCC(NC(=O)OC(C)(C)C)C(C)(C)O. The highest BCUT2D eigenvalue weighted by Crippen LogP contribution is 2.11. The van der Waals surface area contributed by atoms with E-state index in [0.717, 1.165) is 0 Å². The first-order valence-corrected chi connectivity index (χ1v) is 5.86. The zero-order chi connectivity index (χ0) is 13.7. The number of carbonyl (C=O) groups excluding carboxylic acids is 1. The van der Waals surface area contributed by atoms with Crippen LogP contribution in [-0.4, -0.2) is 41.7 Å². The van der Waals surface area contributed by atoms with E-state index in [1.54, 1.807) is 34.6 Å². The molecular weight excluding hydrogens is 222 g/mol. The summed E-state index contributed by atoms with van der Waals surface area (Å²) in [5.74, 6) is 0. The summed E-state index contributed by atoms with van der Waals surface area (Å²) in [6.07, 6.45) is -0.552. The molecule has 5 heteroatoms. The Bertz CT molecular complexity index is 240. The van der Waals surface area contributed by atoms with Gasteiger partial charge in [0, 0.05) is 6.61 Å². The second kappa shape index (κ2) is 6.21. The lowest BCUT2D eigenvalue weighted by atomic mass is 10.00. The molecule has 0 rings (SSSR count). The molecular formula is C12H25NO4. The number of nitrogens with one attached hydrogen (secondary N) is 1. The number of hydrogen-bond donors (Lipinski definition) is 2. The summed E-state index contributed by atoms with van der Waals surface area (Å²) in [6.45, 7) is 11.2. The van der Waals surface area contributed by atoms with Crippen LogP contribution in [0.15, 0.2) is 0 Å². The van der Waals surface area contributed by atoms with E-state index in [1.165, 1.54) is 0 Å². The second-order valence-electron chi connectivity index (χ2n) is 5.51. The lowest BCUT2D eigenvalue weighted by molar-refractivity contribution is -0.0126. The number of alkyl carbamates (subject to hydrolysis) is 1. The van der Waals surface area contributed by atoms with Crippen LogP contribution in [0.5, 0.6) is 0 Å². The van der Waals surface area contributed by atoms with Gasteiger partial charge in [0.05, 0.1) is 18.2 Å². The van der Waals surface area contributed by atoms with Gasteiger partial charge in [0.15, 0.2) is 0 Å². The average Bonchev–Trinajstić information content (AvgIpc) is 2.07. The van der Waals surface area contributed by atoms with Crippen molar-refractivity contribution in [2.24, 2.45) is 0 Å². The minimum Gasteiger partial charge on any atom is -0.444 e. The molecule has 102 valence electrons. The number of carbonyl (C=O) groups is 1. The lowest BCUT2D eigenvalue weighted by Gasteiger charge is -2.31. The van der Waals surface area contributed by atoms with Gasteiger partial charge >= 0.3 is 6.09 Å². The third kappa shape index (κ3) is 7.99. The summed E-state index contributed by atoms with van der Waals surface area (Å²) in [7, 11) is 0. The molecule has 0 spiro atoms. The van der Waals surface area contributed by atoms with Crippen LogP contribution in [0.2, 0.25) is 0 Å². The predicted octanol–water partition coefficient (Wildman–Crippen LogP) is 1.69. The second-order valence-corrected chi connectivity index (χ2v) is 5.51. The molecule has 5 nitrogen and oxygen atoms in total. The van der Waals surface area contributed by atoms with E-state index in [9.17, 15) is 9.90 Å². The third-order valence-electron chi connectivity index (χ3n) is 2.03. The fourth-order valence-electron chi connectivity index (χ4n) is 1.11. The van der Waals surface area contributed by atoms with E-state index in [2.05, 4.69) is 5.32 Å².